The topological polar surface area (TPSA) is 92.6 Å². The van der Waals surface area contributed by atoms with Gasteiger partial charge < -0.3 is 4.90 Å². The predicted molar refractivity (Wildman–Crippen MR) is 138 cm³/mol. The molecule has 0 aliphatic rings. The van der Waals surface area contributed by atoms with Gasteiger partial charge in [-0.15, -0.1) is 5.10 Å². The number of nitrogens with zero attached hydrogens (tertiary/aromatic N) is 6. The van der Waals surface area contributed by atoms with Crippen molar-refractivity contribution in [2.24, 2.45) is 0 Å². The summed E-state index contributed by atoms with van der Waals surface area (Å²) in [5, 5.41) is 14.6. The Labute approximate surface area is 206 Å². The van der Waals surface area contributed by atoms with Gasteiger partial charge in [-0.05, 0) is 67.0 Å². The molecule has 0 aliphatic heterocycles. The van der Waals surface area contributed by atoms with Crippen molar-refractivity contribution < 1.29 is 0 Å². The molecule has 0 atom stereocenters. The van der Waals surface area contributed by atoms with E-state index in [9.17, 15) is 4.79 Å². The third-order valence-electron chi connectivity index (χ3n) is 6.22. The standard InChI is InChI=1S/C27H33N7O/c1-5-6-12-25-28-19(2)22(15-16-33(3)4)27(35)34(25)18-20-13-14-23(21-10-8-7-9-11-21)24(17-20)26-29-31-32-30-26/h7-11,13-14,17H,5-6,12,15-16,18H2,1-4H3,(H,29,30,31,32). The number of rotatable bonds is 10. The lowest BCUT2D eigenvalue weighted by Gasteiger charge is -2.18. The highest BCUT2D eigenvalue weighted by Crippen LogP contribution is 2.31. The average molecular weight is 472 g/mol. The molecule has 0 amide bonds. The van der Waals surface area contributed by atoms with Crippen molar-refractivity contribution in [1.82, 2.24) is 35.1 Å². The zero-order valence-corrected chi connectivity index (χ0v) is 21.0. The van der Waals surface area contributed by atoms with Gasteiger partial charge in [0.15, 0.2) is 5.82 Å². The fraction of sp³-hybridized carbons (Fsp3) is 0.370. The molecule has 4 aromatic rings. The summed E-state index contributed by atoms with van der Waals surface area (Å²) in [6, 6.07) is 16.4. The van der Waals surface area contributed by atoms with E-state index in [4.69, 9.17) is 4.98 Å². The number of aromatic nitrogens is 6. The van der Waals surface area contributed by atoms with Crippen LogP contribution in [0.5, 0.6) is 0 Å². The third kappa shape index (κ3) is 5.71. The first kappa shape index (κ1) is 24.5. The van der Waals surface area contributed by atoms with E-state index < -0.39 is 0 Å². The van der Waals surface area contributed by atoms with Crippen LogP contribution in [-0.4, -0.2) is 55.7 Å². The Morgan fingerprint density at radius 1 is 1.03 bits per heavy atom. The van der Waals surface area contributed by atoms with Crippen LogP contribution in [0.3, 0.4) is 0 Å². The van der Waals surface area contributed by atoms with Gasteiger partial charge in [-0.1, -0.05) is 55.8 Å². The molecule has 2 aromatic carbocycles. The molecule has 0 radical (unpaired) electrons. The molecule has 8 heteroatoms. The van der Waals surface area contributed by atoms with E-state index in [0.29, 0.717) is 18.8 Å². The largest absolute Gasteiger partial charge is 0.309 e. The maximum absolute atomic E-state index is 13.7. The molecule has 1 N–H and O–H groups in total. The molecule has 35 heavy (non-hydrogen) atoms. The number of hydrogen-bond donors (Lipinski definition) is 1. The number of tetrazole rings is 1. The minimum absolute atomic E-state index is 0.0560. The number of benzene rings is 2. The highest BCUT2D eigenvalue weighted by molar-refractivity contribution is 5.80. The Morgan fingerprint density at radius 2 is 1.83 bits per heavy atom. The number of hydrogen-bond acceptors (Lipinski definition) is 6. The summed E-state index contributed by atoms with van der Waals surface area (Å²) in [4.78, 5) is 20.6. The minimum Gasteiger partial charge on any atom is -0.309 e. The summed E-state index contributed by atoms with van der Waals surface area (Å²) >= 11 is 0. The van der Waals surface area contributed by atoms with Crippen LogP contribution in [0.4, 0.5) is 0 Å². The van der Waals surface area contributed by atoms with E-state index >= 15 is 0 Å². The average Bonchev–Trinajstić information content (AvgIpc) is 3.40. The first-order valence-corrected chi connectivity index (χ1v) is 12.1. The fourth-order valence-corrected chi connectivity index (χ4v) is 4.28. The minimum atomic E-state index is 0.0560. The fourth-order valence-electron chi connectivity index (χ4n) is 4.28. The predicted octanol–water partition coefficient (Wildman–Crippen LogP) is 3.89. The Morgan fingerprint density at radius 3 is 2.51 bits per heavy atom. The van der Waals surface area contributed by atoms with Gasteiger partial charge in [-0.3, -0.25) is 9.36 Å². The van der Waals surface area contributed by atoms with E-state index in [-0.39, 0.29) is 5.56 Å². The van der Waals surface area contributed by atoms with E-state index in [1.165, 1.54) is 0 Å². The summed E-state index contributed by atoms with van der Waals surface area (Å²) in [7, 11) is 4.04. The molecule has 0 aliphatic carbocycles. The molecule has 0 spiro atoms. The summed E-state index contributed by atoms with van der Waals surface area (Å²) < 4.78 is 1.85. The Bertz CT molecular complexity index is 1310. The number of aryl methyl sites for hydroxylation is 2. The van der Waals surface area contributed by atoms with E-state index in [1.807, 2.05) is 43.8 Å². The van der Waals surface area contributed by atoms with Crippen molar-refractivity contribution in [2.75, 3.05) is 20.6 Å². The summed E-state index contributed by atoms with van der Waals surface area (Å²) in [6.07, 6.45) is 3.50. The second-order valence-corrected chi connectivity index (χ2v) is 9.14. The van der Waals surface area contributed by atoms with Gasteiger partial charge in [0.25, 0.3) is 5.56 Å². The van der Waals surface area contributed by atoms with Crippen molar-refractivity contribution in [3.63, 3.8) is 0 Å². The zero-order valence-electron chi connectivity index (χ0n) is 21.0. The SMILES string of the molecule is CCCCc1nc(C)c(CCN(C)C)c(=O)n1Cc1ccc(-c2ccccc2)c(-c2nnn[nH]2)c1. The van der Waals surface area contributed by atoms with Crippen LogP contribution in [0, 0.1) is 6.92 Å². The van der Waals surface area contributed by atoms with Crippen LogP contribution in [0.15, 0.2) is 53.3 Å². The molecule has 8 nitrogen and oxygen atoms in total. The maximum atomic E-state index is 13.7. The Balaban J connectivity index is 1.78. The number of aromatic amines is 1. The van der Waals surface area contributed by atoms with Gasteiger partial charge in [0.2, 0.25) is 0 Å². The lowest BCUT2D eigenvalue weighted by Crippen LogP contribution is -2.31. The number of nitrogens with one attached hydrogen (secondary N) is 1. The highest BCUT2D eigenvalue weighted by atomic mass is 16.1. The van der Waals surface area contributed by atoms with E-state index in [0.717, 1.165) is 65.1 Å². The van der Waals surface area contributed by atoms with Crippen molar-refractivity contribution >= 4 is 0 Å². The van der Waals surface area contributed by atoms with Gasteiger partial charge in [0.1, 0.15) is 5.82 Å². The van der Waals surface area contributed by atoms with Gasteiger partial charge in [0, 0.05) is 29.8 Å². The molecular formula is C27H33N7O. The number of unbranched alkanes of at least 4 members (excludes halogenated alkanes) is 1. The van der Waals surface area contributed by atoms with Gasteiger partial charge in [-0.25, -0.2) is 10.1 Å². The first-order valence-electron chi connectivity index (χ1n) is 12.1. The van der Waals surface area contributed by atoms with Gasteiger partial charge >= 0.3 is 0 Å². The molecule has 2 heterocycles. The third-order valence-corrected chi connectivity index (χ3v) is 6.22. The summed E-state index contributed by atoms with van der Waals surface area (Å²) in [5.41, 5.74) is 5.69. The molecule has 0 unspecified atom stereocenters. The molecule has 2 aromatic heterocycles. The molecule has 182 valence electrons. The van der Waals surface area contributed by atoms with Crippen LogP contribution in [0.1, 0.15) is 42.4 Å². The first-order chi connectivity index (χ1) is 17.0. The van der Waals surface area contributed by atoms with E-state index in [1.54, 1.807) is 0 Å². The van der Waals surface area contributed by atoms with Crippen LogP contribution >= 0.6 is 0 Å². The van der Waals surface area contributed by atoms with Crippen molar-refractivity contribution in [1.29, 1.82) is 0 Å². The Kier molecular flexibility index (Phi) is 7.82. The second kappa shape index (κ2) is 11.2. The molecule has 0 bridgehead atoms. The maximum Gasteiger partial charge on any atom is 0.257 e. The number of H-pyrrole nitrogens is 1. The highest BCUT2D eigenvalue weighted by Gasteiger charge is 2.17. The van der Waals surface area contributed by atoms with Gasteiger partial charge in [0.05, 0.1) is 6.54 Å². The smallest absolute Gasteiger partial charge is 0.257 e. The molecular weight excluding hydrogens is 438 g/mol. The van der Waals surface area contributed by atoms with Crippen molar-refractivity contribution in [3.05, 3.63) is 81.5 Å². The van der Waals surface area contributed by atoms with Crippen molar-refractivity contribution in [3.8, 4) is 22.5 Å². The molecule has 0 fully saturated rings. The molecule has 4 rings (SSSR count). The van der Waals surface area contributed by atoms with Crippen molar-refractivity contribution in [2.45, 2.75) is 46.1 Å². The molecule has 0 saturated heterocycles. The monoisotopic (exact) mass is 471 g/mol. The van der Waals surface area contributed by atoms with Crippen LogP contribution in [-0.2, 0) is 19.4 Å². The lowest BCUT2D eigenvalue weighted by molar-refractivity contribution is 0.411. The summed E-state index contributed by atoms with van der Waals surface area (Å²) in [5.74, 6) is 1.44. The zero-order chi connectivity index (χ0) is 24.8. The second-order valence-electron chi connectivity index (χ2n) is 9.14. The van der Waals surface area contributed by atoms with Crippen LogP contribution in [0.2, 0.25) is 0 Å². The Hall–Kier alpha value is -3.65. The number of likely N-dealkylation sites (N-methyl/N-ethyl adjacent to an activating group) is 1. The normalized spacial score (nSPS) is 11.3. The summed E-state index contributed by atoms with van der Waals surface area (Å²) in [6.45, 7) is 5.36. The van der Waals surface area contributed by atoms with E-state index in [2.05, 4.69) is 62.8 Å². The van der Waals surface area contributed by atoms with Gasteiger partial charge in [-0.2, -0.15) is 0 Å². The lowest BCUT2D eigenvalue weighted by atomic mass is 9.97. The molecule has 0 saturated carbocycles. The van der Waals surface area contributed by atoms with Crippen LogP contribution < -0.4 is 5.56 Å². The van der Waals surface area contributed by atoms with Crippen LogP contribution in [0.25, 0.3) is 22.5 Å². The quantitative estimate of drug-likeness (QED) is 0.377.